The highest BCUT2D eigenvalue weighted by molar-refractivity contribution is 9.09. The smallest absolute Gasteiger partial charge is 0.0433 e. The maximum Gasteiger partial charge on any atom is 0.0433 e. The number of hydrogen-bond donors (Lipinski definition) is 1. The van der Waals surface area contributed by atoms with Gasteiger partial charge in [0.1, 0.15) is 0 Å². The van der Waals surface area contributed by atoms with Crippen molar-refractivity contribution in [3.05, 3.63) is 0 Å². The topological polar surface area (TPSA) is 20.2 Å². The van der Waals surface area contributed by atoms with Crippen molar-refractivity contribution in [1.29, 1.82) is 0 Å². The summed E-state index contributed by atoms with van der Waals surface area (Å²) in [6.07, 6.45) is 8.15. The fraction of sp³-hybridized carbons (Fsp3) is 1.00. The van der Waals surface area contributed by atoms with Gasteiger partial charge >= 0.3 is 0 Å². The number of aliphatic hydroxyl groups excluding tert-OH is 1. The Morgan fingerprint density at radius 1 is 1.00 bits per heavy atom. The molecule has 0 heterocycles. The molecule has 2 rings (SSSR count). The average Bonchev–Trinajstić information content (AvgIpc) is 2.81. The van der Waals surface area contributed by atoms with Crippen LogP contribution in [0.25, 0.3) is 0 Å². The molecule has 0 aromatic carbocycles. The Kier molecular flexibility index (Phi) is 5.24. The second kappa shape index (κ2) is 5.98. The molecule has 0 atom stereocenters. The molecule has 1 N–H and O–H groups in total. The number of rotatable bonds is 4. The molecular weight excluding hydrogens is 216 g/mol. The zero-order valence-corrected chi connectivity index (χ0v) is 9.22. The van der Waals surface area contributed by atoms with Gasteiger partial charge in [-0.25, -0.2) is 0 Å². The highest BCUT2D eigenvalue weighted by atomic mass is 79.9. The third kappa shape index (κ3) is 6.01. The molecule has 12 heavy (non-hydrogen) atoms. The van der Waals surface area contributed by atoms with E-state index in [0.29, 0.717) is 6.61 Å². The molecule has 2 aliphatic rings. The van der Waals surface area contributed by atoms with Crippen LogP contribution in [0.1, 0.15) is 38.5 Å². The predicted octanol–water partition coefficient (Wildman–Crippen LogP) is 2.96. The summed E-state index contributed by atoms with van der Waals surface area (Å²) in [5, 5.41) is 9.48. The highest BCUT2D eigenvalue weighted by Crippen LogP contribution is 2.32. The summed E-state index contributed by atoms with van der Waals surface area (Å²) in [7, 11) is 0. The van der Waals surface area contributed by atoms with E-state index in [1.165, 1.54) is 37.4 Å². The lowest BCUT2D eigenvalue weighted by Crippen LogP contribution is -1.80. The molecule has 0 spiro atoms. The molecule has 0 aromatic heterocycles. The van der Waals surface area contributed by atoms with Crippen LogP contribution >= 0.6 is 15.9 Å². The Bertz CT molecular complexity index is 94.4. The van der Waals surface area contributed by atoms with Crippen LogP contribution in [0, 0.1) is 11.8 Å². The Hall–Kier alpha value is 0.440. The van der Waals surface area contributed by atoms with E-state index >= 15 is 0 Å². The summed E-state index contributed by atoms with van der Waals surface area (Å²) in [4.78, 5) is 0. The van der Waals surface area contributed by atoms with Gasteiger partial charge in [-0.1, -0.05) is 41.6 Å². The zero-order valence-electron chi connectivity index (χ0n) is 7.64. The van der Waals surface area contributed by atoms with Crippen LogP contribution < -0.4 is 0 Å². The molecule has 2 heteroatoms. The quantitative estimate of drug-likeness (QED) is 0.743. The molecule has 0 saturated heterocycles. The monoisotopic (exact) mass is 234 g/mol. The van der Waals surface area contributed by atoms with Crippen LogP contribution in [0.15, 0.2) is 0 Å². The van der Waals surface area contributed by atoms with E-state index in [0.717, 1.165) is 18.3 Å². The van der Waals surface area contributed by atoms with Gasteiger partial charge in [-0.05, 0) is 24.7 Å². The fourth-order valence-electron chi connectivity index (χ4n) is 1.15. The molecule has 0 radical (unpaired) electrons. The number of aliphatic hydroxyl groups is 1. The third-order valence-corrected chi connectivity index (χ3v) is 2.91. The van der Waals surface area contributed by atoms with Crippen LogP contribution in [0.5, 0.6) is 0 Å². The predicted molar refractivity (Wildman–Crippen MR) is 55.6 cm³/mol. The lowest BCUT2D eigenvalue weighted by Gasteiger charge is -1.82. The molecule has 0 aromatic rings. The average molecular weight is 235 g/mol. The van der Waals surface area contributed by atoms with E-state index in [1.807, 2.05) is 0 Å². The Morgan fingerprint density at radius 2 is 1.50 bits per heavy atom. The van der Waals surface area contributed by atoms with Crippen LogP contribution in [-0.2, 0) is 0 Å². The second-order valence-electron chi connectivity index (χ2n) is 3.88. The van der Waals surface area contributed by atoms with E-state index in [9.17, 15) is 0 Å². The van der Waals surface area contributed by atoms with Gasteiger partial charge in [0.2, 0.25) is 0 Å². The lowest BCUT2D eigenvalue weighted by molar-refractivity contribution is 0.280. The second-order valence-corrected chi connectivity index (χ2v) is 4.67. The SMILES string of the molecule is BrCCC1CC1.OCCC1CC1. The van der Waals surface area contributed by atoms with E-state index < -0.39 is 0 Å². The first-order chi connectivity index (χ1) is 5.86. The Morgan fingerprint density at radius 3 is 1.67 bits per heavy atom. The maximum atomic E-state index is 8.28. The molecule has 2 aliphatic carbocycles. The molecular formula is C10H19BrO. The molecule has 2 saturated carbocycles. The van der Waals surface area contributed by atoms with Gasteiger partial charge in [0.25, 0.3) is 0 Å². The van der Waals surface area contributed by atoms with Crippen LogP contribution in [-0.4, -0.2) is 17.0 Å². The van der Waals surface area contributed by atoms with Gasteiger partial charge < -0.3 is 5.11 Å². The van der Waals surface area contributed by atoms with Gasteiger partial charge in [0.15, 0.2) is 0 Å². The molecule has 0 amide bonds. The summed E-state index contributed by atoms with van der Waals surface area (Å²) < 4.78 is 0. The van der Waals surface area contributed by atoms with E-state index in [4.69, 9.17) is 5.11 Å². The first-order valence-corrected chi connectivity index (χ1v) is 6.15. The molecule has 0 bridgehead atoms. The molecule has 1 nitrogen and oxygen atoms in total. The van der Waals surface area contributed by atoms with E-state index in [2.05, 4.69) is 15.9 Å². The van der Waals surface area contributed by atoms with Crippen molar-refractivity contribution in [2.45, 2.75) is 38.5 Å². The van der Waals surface area contributed by atoms with Gasteiger partial charge in [-0.2, -0.15) is 0 Å². The van der Waals surface area contributed by atoms with Crippen molar-refractivity contribution >= 4 is 15.9 Å². The minimum absolute atomic E-state index is 0.394. The summed E-state index contributed by atoms with van der Waals surface area (Å²) in [6, 6.07) is 0. The molecule has 0 unspecified atom stereocenters. The van der Waals surface area contributed by atoms with Crippen molar-refractivity contribution in [2.24, 2.45) is 11.8 Å². The molecule has 0 aliphatic heterocycles. The zero-order chi connectivity index (χ0) is 8.81. The number of alkyl halides is 1. The van der Waals surface area contributed by atoms with Crippen molar-refractivity contribution < 1.29 is 5.11 Å². The van der Waals surface area contributed by atoms with Gasteiger partial charge in [0, 0.05) is 11.9 Å². The van der Waals surface area contributed by atoms with Gasteiger partial charge in [-0.15, -0.1) is 0 Å². The minimum Gasteiger partial charge on any atom is -0.396 e. The third-order valence-electron chi connectivity index (χ3n) is 2.45. The van der Waals surface area contributed by atoms with E-state index in [1.54, 1.807) is 0 Å². The fourth-order valence-corrected chi connectivity index (χ4v) is 1.80. The number of halogens is 1. The van der Waals surface area contributed by atoms with Crippen molar-refractivity contribution in [1.82, 2.24) is 0 Å². The van der Waals surface area contributed by atoms with Crippen molar-refractivity contribution in [2.75, 3.05) is 11.9 Å². The summed E-state index contributed by atoms with van der Waals surface area (Å²) in [6.45, 7) is 0.394. The van der Waals surface area contributed by atoms with Crippen LogP contribution in [0.2, 0.25) is 0 Å². The first kappa shape index (κ1) is 10.5. The Labute approximate surface area is 83.7 Å². The van der Waals surface area contributed by atoms with Gasteiger partial charge in [0.05, 0.1) is 0 Å². The van der Waals surface area contributed by atoms with Crippen molar-refractivity contribution in [3.63, 3.8) is 0 Å². The summed E-state index contributed by atoms with van der Waals surface area (Å²) in [5.74, 6) is 2.00. The van der Waals surface area contributed by atoms with Crippen molar-refractivity contribution in [3.8, 4) is 0 Å². The lowest BCUT2D eigenvalue weighted by atomic mass is 10.3. The van der Waals surface area contributed by atoms with E-state index in [-0.39, 0.29) is 0 Å². The van der Waals surface area contributed by atoms with Gasteiger partial charge in [-0.3, -0.25) is 0 Å². The summed E-state index contributed by atoms with van der Waals surface area (Å²) in [5.41, 5.74) is 0. The summed E-state index contributed by atoms with van der Waals surface area (Å²) >= 11 is 3.39. The molecule has 72 valence electrons. The number of hydrogen-bond acceptors (Lipinski definition) is 1. The van der Waals surface area contributed by atoms with Crippen LogP contribution in [0.4, 0.5) is 0 Å². The standard InChI is InChI=1S/C5H9Br.C5H10O/c2*6-4-3-5-1-2-5/h5H,1-4H2;5-6H,1-4H2. The Balaban J connectivity index is 0.000000120. The first-order valence-electron chi connectivity index (χ1n) is 5.03. The largest absolute Gasteiger partial charge is 0.396 e. The minimum atomic E-state index is 0.394. The maximum absolute atomic E-state index is 8.28. The molecule has 2 fully saturated rings. The normalized spacial score (nSPS) is 21.5. The highest BCUT2D eigenvalue weighted by Gasteiger charge is 2.19. The van der Waals surface area contributed by atoms with Crippen LogP contribution in [0.3, 0.4) is 0 Å².